The molecule has 0 radical (unpaired) electrons. The molecular formula is C10H9NO4. The highest BCUT2D eigenvalue weighted by Gasteiger charge is 2.24. The summed E-state index contributed by atoms with van der Waals surface area (Å²) in [4.78, 5) is 20.8. The van der Waals surface area contributed by atoms with E-state index in [1.54, 1.807) is 12.1 Å². The lowest BCUT2D eigenvalue weighted by molar-refractivity contribution is -0.384. The number of benzene rings is 1. The average Bonchev–Trinajstić information content (AvgIpc) is 2.65. The molecule has 0 unspecified atom stereocenters. The molecule has 1 heterocycles. The molecule has 1 aliphatic heterocycles. The standard InChI is InChI=1S/C10H9NO4/c12-10-6-5-9(15-10)7-1-3-8(4-2-7)11(13)14/h1-4,9H,5-6H2/t9-/m0/s1. The first-order valence-corrected chi connectivity index (χ1v) is 4.60. The van der Waals surface area contributed by atoms with E-state index in [1.807, 2.05) is 0 Å². The quantitative estimate of drug-likeness (QED) is 0.422. The molecule has 0 saturated carbocycles. The van der Waals surface area contributed by atoms with Crippen LogP contribution in [0.4, 0.5) is 5.69 Å². The van der Waals surface area contributed by atoms with E-state index in [4.69, 9.17) is 4.74 Å². The Morgan fingerprint density at radius 2 is 2.00 bits per heavy atom. The minimum Gasteiger partial charge on any atom is -0.457 e. The Morgan fingerprint density at radius 3 is 2.47 bits per heavy atom. The van der Waals surface area contributed by atoms with E-state index in [0.717, 1.165) is 5.56 Å². The maximum Gasteiger partial charge on any atom is 0.306 e. The minimum absolute atomic E-state index is 0.0445. The van der Waals surface area contributed by atoms with Gasteiger partial charge in [0.1, 0.15) is 6.10 Å². The van der Waals surface area contributed by atoms with Crippen molar-refractivity contribution in [2.75, 3.05) is 0 Å². The Labute approximate surface area is 85.8 Å². The summed E-state index contributed by atoms with van der Waals surface area (Å²) < 4.78 is 5.04. The van der Waals surface area contributed by atoms with E-state index in [1.165, 1.54) is 12.1 Å². The first-order valence-electron chi connectivity index (χ1n) is 4.60. The molecule has 5 nitrogen and oxygen atoms in total. The second-order valence-electron chi connectivity index (χ2n) is 3.37. The number of nitro benzene ring substituents is 1. The lowest BCUT2D eigenvalue weighted by Crippen LogP contribution is -1.98. The summed E-state index contributed by atoms with van der Waals surface area (Å²) in [6.07, 6.45) is 0.830. The van der Waals surface area contributed by atoms with E-state index < -0.39 is 4.92 Å². The highest BCUT2D eigenvalue weighted by Crippen LogP contribution is 2.30. The molecule has 0 spiro atoms. The Bertz CT molecular complexity index is 398. The van der Waals surface area contributed by atoms with Crippen LogP contribution in [0.25, 0.3) is 0 Å². The molecule has 0 amide bonds. The van der Waals surface area contributed by atoms with E-state index in [2.05, 4.69) is 0 Å². The zero-order valence-electron chi connectivity index (χ0n) is 7.88. The number of esters is 1. The van der Waals surface area contributed by atoms with Gasteiger partial charge in [0.05, 0.1) is 4.92 Å². The van der Waals surface area contributed by atoms with Gasteiger partial charge in [-0.3, -0.25) is 14.9 Å². The molecule has 1 saturated heterocycles. The summed E-state index contributed by atoms with van der Waals surface area (Å²) in [5.41, 5.74) is 0.856. The minimum atomic E-state index is -0.454. The van der Waals surface area contributed by atoms with Crippen LogP contribution in [0.1, 0.15) is 24.5 Å². The van der Waals surface area contributed by atoms with Crippen LogP contribution in [0.5, 0.6) is 0 Å². The third kappa shape index (κ3) is 1.96. The van der Waals surface area contributed by atoms with Crippen LogP contribution in [0.3, 0.4) is 0 Å². The van der Waals surface area contributed by atoms with E-state index >= 15 is 0 Å². The van der Waals surface area contributed by atoms with Gasteiger partial charge in [-0.05, 0) is 24.1 Å². The van der Waals surface area contributed by atoms with Crippen molar-refractivity contribution < 1.29 is 14.5 Å². The van der Waals surface area contributed by atoms with Gasteiger partial charge in [0, 0.05) is 18.6 Å². The van der Waals surface area contributed by atoms with Crippen LogP contribution in [0, 0.1) is 10.1 Å². The summed E-state index contributed by atoms with van der Waals surface area (Å²) in [6, 6.07) is 6.09. The Balaban J connectivity index is 2.17. The van der Waals surface area contributed by atoms with Gasteiger partial charge in [-0.2, -0.15) is 0 Å². The number of carbonyl (C=O) groups excluding carboxylic acids is 1. The molecule has 78 valence electrons. The predicted molar refractivity (Wildman–Crippen MR) is 51.2 cm³/mol. The van der Waals surface area contributed by atoms with Crippen LogP contribution < -0.4 is 0 Å². The van der Waals surface area contributed by atoms with Gasteiger partial charge in [-0.25, -0.2) is 0 Å². The summed E-state index contributed by atoms with van der Waals surface area (Å²) in [5, 5.41) is 10.4. The lowest BCUT2D eigenvalue weighted by atomic mass is 10.1. The van der Waals surface area contributed by atoms with E-state index in [0.29, 0.717) is 12.8 Å². The Kier molecular flexibility index (Phi) is 2.37. The zero-order valence-corrected chi connectivity index (χ0v) is 7.88. The lowest BCUT2D eigenvalue weighted by Gasteiger charge is -2.08. The molecule has 2 rings (SSSR count). The number of ether oxygens (including phenoxy) is 1. The number of cyclic esters (lactones) is 1. The Hall–Kier alpha value is -1.91. The van der Waals surface area contributed by atoms with Gasteiger partial charge >= 0.3 is 5.97 Å². The molecular weight excluding hydrogens is 198 g/mol. The van der Waals surface area contributed by atoms with Gasteiger partial charge in [0.15, 0.2) is 0 Å². The predicted octanol–water partition coefficient (Wildman–Crippen LogP) is 1.97. The topological polar surface area (TPSA) is 69.4 Å². The number of rotatable bonds is 2. The second-order valence-corrected chi connectivity index (χ2v) is 3.37. The summed E-state index contributed by atoms with van der Waals surface area (Å²) in [6.45, 7) is 0. The molecule has 5 heteroatoms. The molecule has 15 heavy (non-hydrogen) atoms. The smallest absolute Gasteiger partial charge is 0.306 e. The van der Waals surface area contributed by atoms with Crippen LogP contribution in [-0.4, -0.2) is 10.9 Å². The van der Waals surface area contributed by atoms with Gasteiger partial charge in [-0.15, -0.1) is 0 Å². The molecule has 0 bridgehead atoms. The summed E-state index contributed by atoms with van der Waals surface area (Å²) in [5.74, 6) is -0.210. The SMILES string of the molecule is O=C1CC[C@@H](c2ccc([N+](=O)[O-])cc2)O1. The molecule has 0 aromatic heterocycles. The maximum absolute atomic E-state index is 10.9. The number of non-ortho nitro benzene ring substituents is 1. The highest BCUT2D eigenvalue weighted by atomic mass is 16.6. The third-order valence-electron chi connectivity index (χ3n) is 2.36. The molecule has 1 fully saturated rings. The largest absolute Gasteiger partial charge is 0.457 e. The average molecular weight is 207 g/mol. The monoisotopic (exact) mass is 207 g/mol. The van der Waals surface area contributed by atoms with E-state index in [-0.39, 0.29) is 17.8 Å². The van der Waals surface area contributed by atoms with Crippen molar-refractivity contribution in [3.8, 4) is 0 Å². The molecule has 1 aliphatic rings. The van der Waals surface area contributed by atoms with Gasteiger partial charge in [-0.1, -0.05) is 0 Å². The molecule has 1 aromatic carbocycles. The van der Waals surface area contributed by atoms with Crippen LogP contribution in [0.15, 0.2) is 24.3 Å². The molecule has 1 aromatic rings. The van der Waals surface area contributed by atoms with Gasteiger partial charge < -0.3 is 4.74 Å². The number of nitro groups is 1. The van der Waals surface area contributed by atoms with Crippen molar-refractivity contribution >= 4 is 11.7 Å². The van der Waals surface area contributed by atoms with E-state index in [9.17, 15) is 14.9 Å². The van der Waals surface area contributed by atoms with Crippen LogP contribution in [0.2, 0.25) is 0 Å². The fourth-order valence-corrected chi connectivity index (χ4v) is 1.57. The van der Waals surface area contributed by atoms with Crippen molar-refractivity contribution in [1.82, 2.24) is 0 Å². The third-order valence-corrected chi connectivity index (χ3v) is 2.36. The summed E-state index contributed by atoms with van der Waals surface area (Å²) in [7, 11) is 0. The fraction of sp³-hybridized carbons (Fsp3) is 0.300. The zero-order chi connectivity index (χ0) is 10.8. The summed E-state index contributed by atoms with van der Waals surface area (Å²) >= 11 is 0. The molecule has 0 aliphatic carbocycles. The number of hydrogen-bond donors (Lipinski definition) is 0. The number of carbonyl (C=O) groups is 1. The van der Waals surface area contributed by atoms with Crippen molar-refractivity contribution in [1.29, 1.82) is 0 Å². The van der Waals surface area contributed by atoms with Crippen LogP contribution >= 0.6 is 0 Å². The highest BCUT2D eigenvalue weighted by molar-refractivity contribution is 5.71. The molecule has 1 atom stereocenters. The van der Waals surface area contributed by atoms with Crippen LogP contribution in [-0.2, 0) is 9.53 Å². The van der Waals surface area contributed by atoms with Crippen molar-refractivity contribution in [3.63, 3.8) is 0 Å². The first kappa shape index (κ1) is 9.64. The van der Waals surface area contributed by atoms with Gasteiger partial charge in [0.2, 0.25) is 0 Å². The number of hydrogen-bond acceptors (Lipinski definition) is 4. The maximum atomic E-state index is 10.9. The Morgan fingerprint density at radius 1 is 1.33 bits per heavy atom. The number of nitrogens with zero attached hydrogens (tertiary/aromatic N) is 1. The first-order chi connectivity index (χ1) is 7.16. The van der Waals surface area contributed by atoms with Gasteiger partial charge in [0.25, 0.3) is 5.69 Å². The normalized spacial score (nSPS) is 20.0. The van der Waals surface area contributed by atoms with Crippen molar-refractivity contribution in [3.05, 3.63) is 39.9 Å². The second kappa shape index (κ2) is 3.68. The fourth-order valence-electron chi connectivity index (χ4n) is 1.57. The van der Waals surface area contributed by atoms with Crippen molar-refractivity contribution in [2.24, 2.45) is 0 Å². The molecule has 0 N–H and O–H groups in total. The van der Waals surface area contributed by atoms with Crippen molar-refractivity contribution in [2.45, 2.75) is 18.9 Å².